The van der Waals surface area contributed by atoms with Crippen LogP contribution in [0.5, 0.6) is 0 Å². The molecule has 0 N–H and O–H groups in total. The van der Waals surface area contributed by atoms with Gasteiger partial charge in [0.25, 0.3) is 0 Å². The Hall–Kier alpha value is -1.02. The van der Waals surface area contributed by atoms with E-state index in [0.29, 0.717) is 6.04 Å². The molecule has 2 heteroatoms. The fourth-order valence-corrected chi connectivity index (χ4v) is 1.97. The van der Waals surface area contributed by atoms with Crippen molar-refractivity contribution in [1.82, 2.24) is 5.01 Å². The Balaban J connectivity index is 2.25. The Bertz CT molecular complexity index is 261. The molecule has 0 spiro atoms. The van der Waals surface area contributed by atoms with Gasteiger partial charge < -0.3 is 5.01 Å². The first-order chi connectivity index (χ1) is 6.29. The van der Waals surface area contributed by atoms with Gasteiger partial charge in [0.05, 0.1) is 5.69 Å². The second-order valence-corrected chi connectivity index (χ2v) is 3.70. The molecule has 13 heavy (non-hydrogen) atoms. The summed E-state index contributed by atoms with van der Waals surface area (Å²) in [5.41, 5.74) is 1.30. The van der Waals surface area contributed by atoms with Gasteiger partial charge in [-0.05, 0) is 25.5 Å². The average molecular weight is 176 g/mol. The predicted octanol–water partition coefficient (Wildman–Crippen LogP) is 2.13. The molecule has 0 bridgehead atoms. The second-order valence-electron chi connectivity index (χ2n) is 3.70. The smallest absolute Gasteiger partial charge is 0.0525 e. The summed E-state index contributed by atoms with van der Waals surface area (Å²) in [7, 11) is 2.15. The van der Waals surface area contributed by atoms with E-state index in [1.165, 1.54) is 12.1 Å². The molecule has 0 amide bonds. The van der Waals surface area contributed by atoms with Crippen molar-refractivity contribution < 1.29 is 0 Å². The monoisotopic (exact) mass is 176 g/mol. The molecule has 1 aliphatic rings. The third-order valence-electron chi connectivity index (χ3n) is 2.68. The number of rotatable bonds is 1. The fourth-order valence-electron chi connectivity index (χ4n) is 1.97. The molecular formula is C11H16N2. The van der Waals surface area contributed by atoms with Crippen molar-refractivity contribution in [2.45, 2.75) is 19.4 Å². The number of hydrazine groups is 1. The van der Waals surface area contributed by atoms with Crippen LogP contribution in [-0.4, -0.2) is 24.6 Å². The zero-order valence-electron chi connectivity index (χ0n) is 8.27. The molecule has 1 heterocycles. The Morgan fingerprint density at radius 2 is 1.92 bits per heavy atom. The molecule has 1 atom stereocenters. The van der Waals surface area contributed by atoms with Crippen molar-refractivity contribution in [3.63, 3.8) is 0 Å². The zero-order valence-corrected chi connectivity index (χ0v) is 8.27. The van der Waals surface area contributed by atoms with Crippen molar-refractivity contribution in [3.8, 4) is 0 Å². The van der Waals surface area contributed by atoms with Crippen LogP contribution in [0.3, 0.4) is 0 Å². The molecule has 1 aromatic rings. The third kappa shape index (κ3) is 1.54. The molecule has 1 unspecified atom stereocenters. The number of anilines is 1. The number of para-hydroxylation sites is 1. The normalized spacial score (nSPS) is 23.8. The van der Waals surface area contributed by atoms with Crippen LogP contribution in [0.15, 0.2) is 30.3 Å². The average Bonchev–Trinajstić information content (AvgIpc) is 2.48. The highest BCUT2D eigenvalue weighted by molar-refractivity contribution is 5.46. The zero-order chi connectivity index (χ0) is 9.26. The lowest BCUT2D eigenvalue weighted by Crippen LogP contribution is -2.37. The summed E-state index contributed by atoms with van der Waals surface area (Å²) in [4.78, 5) is 0. The topological polar surface area (TPSA) is 6.48 Å². The molecule has 2 nitrogen and oxygen atoms in total. The lowest BCUT2D eigenvalue weighted by Gasteiger charge is -2.30. The summed E-state index contributed by atoms with van der Waals surface area (Å²) in [6.45, 7) is 3.44. The number of hydrogen-bond acceptors (Lipinski definition) is 2. The summed E-state index contributed by atoms with van der Waals surface area (Å²) < 4.78 is 0. The van der Waals surface area contributed by atoms with Gasteiger partial charge in [-0.25, -0.2) is 5.01 Å². The Kier molecular flexibility index (Phi) is 2.23. The van der Waals surface area contributed by atoms with Crippen molar-refractivity contribution in [2.75, 3.05) is 18.6 Å². The van der Waals surface area contributed by atoms with Gasteiger partial charge in [-0.15, -0.1) is 0 Å². The second kappa shape index (κ2) is 3.38. The molecule has 1 fully saturated rings. The highest BCUT2D eigenvalue weighted by atomic mass is 15.6. The summed E-state index contributed by atoms with van der Waals surface area (Å²) in [5.74, 6) is 0. The number of nitrogens with zero attached hydrogens (tertiary/aromatic N) is 2. The van der Waals surface area contributed by atoms with E-state index in [9.17, 15) is 0 Å². The lowest BCUT2D eigenvalue weighted by atomic mass is 10.2. The van der Waals surface area contributed by atoms with Crippen LogP contribution < -0.4 is 5.01 Å². The molecule has 0 saturated carbocycles. The van der Waals surface area contributed by atoms with Crippen LogP contribution in [0.1, 0.15) is 13.3 Å². The van der Waals surface area contributed by atoms with Crippen molar-refractivity contribution in [1.29, 1.82) is 0 Å². The molecule has 0 aromatic heterocycles. The van der Waals surface area contributed by atoms with Gasteiger partial charge in [0.2, 0.25) is 0 Å². The van der Waals surface area contributed by atoms with Gasteiger partial charge in [0.15, 0.2) is 0 Å². The summed E-state index contributed by atoms with van der Waals surface area (Å²) in [6, 6.07) is 11.2. The number of hydrogen-bond donors (Lipinski definition) is 0. The van der Waals surface area contributed by atoms with Crippen molar-refractivity contribution in [3.05, 3.63) is 30.3 Å². The largest absolute Gasteiger partial charge is 0.303 e. The minimum Gasteiger partial charge on any atom is -0.303 e. The fraction of sp³-hybridized carbons (Fsp3) is 0.455. The van der Waals surface area contributed by atoms with Crippen molar-refractivity contribution in [2.24, 2.45) is 0 Å². The van der Waals surface area contributed by atoms with Crippen LogP contribution in [-0.2, 0) is 0 Å². The minimum absolute atomic E-state index is 0.632. The maximum Gasteiger partial charge on any atom is 0.0525 e. The molecule has 70 valence electrons. The van der Waals surface area contributed by atoms with E-state index in [0.717, 1.165) is 6.54 Å². The van der Waals surface area contributed by atoms with E-state index in [1.54, 1.807) is 0 Å². The van der Waals surface area contributed by atoms with Gasteiger partial charge in [-0.3, -0.25) is 0 Å². The summed E-state index contributed by atoms with van der Waals surface area (Å²) >= 11 is 0. The third-order valence-corrected chi connectivity index (χ3v) is 2.68. The minimum atomic E-state index is 0.632. The first-order valence-corrected chi connectivity index (χ1v) is 4.84. The van der Waals surface area contributed by atoms with E-state index in [2.05, 4.69) is 54.3 Å². The molecule has 0 radical (unpaired) electrons. The molecule has 0 aliphatic carbocycles. The van der Waals surface area contributed by atoms with E-state index in [1.807, 2.05) is 0 Å². The predicted molar refractivity (Wildman–Crippen MR) is 55.6 cm³/mol. The highest BCUT2D eigenvalue weighted by Crippen LogP contribution is 2.24. The number of benzene rings is 1. The standard InChI is InChI=1S/C11H16N2/c1-10-8-9-12(2)13(10)11-6-4-3-5-7-11/h3-7,10H,8-9H2,1-2H3. The Morgan fingerprint density at radius 1 is 1.23 bits per heavy atom. The van der Waals surface area contributed by atoms with E-state index >= 15 is 0 Å². The van der Waals surface area contributed by atoms with E-state index in [4.69, 9.17) is 0 Å². The van der Waals surface area contributed by atoms with Gasteiger partial charge >= 0.3 is 0 Å². The Morgan fingerprint density at radius 3 is 2.46 bits per heavy atom. The highest BCUT2D eigenvalue weighted by Gasteiger charge is 2.25. The lowest BCUT2D eigenvalue weighted by molar-refractivity contribution is 0.371. The van der Waals surface area contributed by atoms with Crippen LogP contribution >= 0.6 is 0 Å². The first kappa shape index (κ1) is 8.57. The Labute approximate surface area is 79.7 Å². The molecular weight excluding hydrogens is 160 g/mol. The van der Waals surface area contributed by atoms with Gasteiger partial charge in [0.1, 0.15) is 0 Å². The first-order valence-electron chi connectivity index (χ1n) is 4.84. The molecule has 1 aliphatic heterocycles. The van der Waals surface area contributed by atoms with Gasteiger partial charge in [0, 0.05) is 19.6 Å². The van der Waals surface area contributed by atoms with Crippen molar-refractivity contribution >= 4 is 5.69 Å². The van der Waals surface area contributed by atoms with E-state index in [-0.39, 0.29) is 0 Å². The maximum absolute atomic E-state index is 2.36. The van der Waals surface area contributed by atoms with Crippen LogP contribution in [0.4, 0.5) is 5.69 Å². The van der Waals surface area contributed by atoms with Gasteiger partial charge in [-0.1, -0.05) is 18.2 Å². The van der Waals surface area contributed by atoms with Gasteiger partial charge in [-0.2, -0.15) is 0 Å². The van der Waals surface area contributed by atoms with E-state index < -0.39 is 0 Å². The maximum atomic E-state index is 2.36. The molecule has 2 rings (SSSR count). The van der Waals surface area contributed by atoms with Crippen LogP contribution in [0.2, 0.25) is 0 Å². The van der Waals surface area contributed by atoms with Crippen LogP contribution in [0, 0.1) is 0 Å². The summed E-state index contributed by atoms with van der Waals surface area (Å²) in [5, 5.41) is 4.65. The quantitative estimate of drug-likeness (QED) is 0.646. The summed E-state index contributed by atoms with van der Waals surface area (Å²) in [6.07, 6.45) is 1.26. The van der Waals surface area contributed by atoms with Crippen LogP contribution in [0.25, 0.3) is 0 Å². The molecule has 1 aromatic carbocycles. The SMILES string of the molecule is CC1CCN(C)N1c1ccccc1. The molecule has 1 saturated heterocycles.